The van der Waals surface area contributed by atoms with Crippen molar-refractivity contribution in [3.63, 3.8) is 0 Å². The highest BCUT2D eigenvalue weighted by molar-refractivity contribution is 5.79. The number of hydrogen-bond acceptors (Lipinski definition) is 2. The molecule has 1 aliphatic heterocycles. The van der Waals surface area contributed by atoms with Crippen LogP contribution in [-0.2, 0) is 6.11 Å². The Morgan fingerprint density at radius 2 is 1.62 bits per heavy atom. The molecule has 0 bridgehead atoms. The molecule has 0 aromatic heterocycles. The Hall–Kier alpha value is -4.06. The van der Waals surface area contributed by atoms with Crippen LogP contribution in [0.4, 0.5) is 30.7 Å². The first-order chi connectivity index (χ1) is 19.1. The van der Waals surface area contributed by atoms with Crippen molar-refractivity contribution in [2.45, 2.75) is 51.2 Å². The normalized spacial score (nSPS) is 14.9. The molecule has 40 heavy (non-hydrogen) atoms. The molecule has 0 saturated heterocycles. The van der Waals surface area contributed by atoms with Gasteiger partial charge in [0.15, 0.2) is 17.5 Å². The summed E-state index contributed by atoms with van der Waals surface area (Å²) in [5.41, 5.74) is 0.611. The van der Waals surface area contributed by atoms with Crippen molar-refractivity contribution < 1.29 is 35.5 Å². The van der Waals surface area contributed by atoms with Gasteiger partial charge >= 0.3 is 6.11 Å². The van der Waals surface area contributed by atoms with Crippen LogP contribution in [0.2, 0.25) is 0 Å². The molecule has 4 rings (SSSR count). The van der Waals surface area contributed by atoms with Crippen molar-refractivity contribution >= 4 is 6.21 Å². The minimum Gasteiger partial charge on any atom is -0.429 e. The van der Waals surface area contributed by atoms with Crippen molar-refractivity contribution in [3.8, 4) is 17.6 Å². The number of alkyl halides is 2. The van der Waals surface area contributed by atoms with E-state index in [1.165, 1.54) is 17.7 Å². The Balaban J connectivity index is 1.44. The monoisotopic (exact) mass is 559 g/mol. The van der Waals surface area contributed by atoms with Gasteiger partial charge in [0.05, 0.1) is 11.6 Å². The maximum Gasteiger partial charge on any atom is 0.429 e. The Morgan fingerprint density at radius 3 is 2.25 bits per heavy atom. The molecule has 1 heterocycles. The number of benzene rings is 3. The number of rotatable bonds is 8. The van der Waals surface area contributed by atoms with Crippen LogP contribution >= 0.6 is 0 Å². The van der Waals surface area contributed by atoms with Crippen LogP contribution in [0.1, 0.15) is 67.3 Å². The van der Waals surface area contributed by atoms with E-state index in [-0.39, 0.29) is 29.3 Å². The number of halogens is 7. The number of aliphatic imine (C=N–C) groups is 1. The van der Waals surface area contributed by atoms with Crippen molar-refractivity contribution in [1.29, 1.82) is 0 Å². The van der Waals surface area contributed by atoms with Gasteiger partial charge in [-0.25, -0.2) is 22.0 Å². The van der Waals surface area contributed by atoms with Gasteiger partial charge < -0.3 is 4.74 Å². The topological polar surface area (TPSA) is 21.6 Å². The lowest BCUT2D eigenvalue weighted by atomic mass is 9.97. The standard InChI is InChI=1S/C31H24F7NO/c1-2-3-4-5-20-8-13-29(39-18-20)22-11-10-21(25(32)15-22)9-6-19-7-12-24(26(33)14-19)31(37,38)40-23-16-27(34)30(36)28(35)17-23/h7-8,10-12,14-18,29H,2-5,13H2,1H3. The lowest BCUT2D eigenvalue weighted by molar-refractivity contribution is -0.187. The average Bonchev–Trinajstić information content (AvgIpc) is 2.91. The predicted molar refractivity (Wildman–Crippen MR) is 138 cm³/mol. The van der Waals surface area contributed by atoms with Crippen LogP contribution < -0.4 is 4.74 Å². The van der Waals surface area contributed by atoms with Gasteiger partial charge in [0.25, 0.3) is 0 Å². The Labute approximate surface area is 227 Å². The summed E-state index contributed by atoms with van der Waals surface area (Å²) in [6, 6.07) is 7.17. The van der Waals surface area contributed by atoms with E-state index in [4.69, 9.17) is 0 Å². The third-order valence-corrected chi connectivity index (χ3v) is 6.30. The molecule has 0 N–H and O–H groups in total. The van der Waals surface area contributed by atoms with Crippen molar-refractivity contribution in [2.75, 3.05) is 0 Å². The molecule has 0 spiro atoms. The molecule has 1 atom stereocenters. The third kappa shape index (κ3) is 6.92. The van der Waals surface area contributed by atoms with Gasteiger partial charge in [0.2, 0.25) is 0 Å². The molecule has 1 aliphatic rings. The molecule has 2 nitrogen and oxygen atoms in total. The molecule has 3 aromatic rings. The number of dihydropyridines is 1. The summed E-state index contributed by atoms with van der Waals surface area (Å²) in [5, 5.41) is 0. The number of allylic oxidation sites excluding steroid dienone is 1. The molecule has 9 heteroatoms. The van der Waals surface area contributed by atoms with E-state index in [2.05, 4.69) is 34.6 Å². The number of ether oxygens (including phenoxy) is 1. The molecule has 1 unspecified atom stereocenters. The first-order valence-electron chi connectivity index (χ1n) is 12.6. The lowest BCUT2D eigenvalue weighted by Gasteiger charge is -2.19. The summed E-state index contributed by atoms with van der Waals surface area (Å²) >= 11 is 0. The molecular weight excluding hydrogens is 535 g/mol. The molecule has 0 saturated carbocycles. The largest absolute Gasteiger partial charge is 0.429 e. The summed E-state index contributed by atoms with van der Waals surface area (Å²) in [4.78, 5) is 4.54. The van der Waals surface area contributed by atoms with Crippen LogP contribution in [0, 0.1) is 40.9 Å². The van der Waals surface area contributed by atoms with Crippen LogP contribution in [0.25, 0.3) is 0 Å². The average molecular weight is 560 g/mol. The summed E-state index contributed by atoms with van der Waals surface area (Å²) in [6.07, 6.45) is 4.62. The van der Waals surface area contributed by atoms with Crippen LogP contribution in [0.5, 0.6) is 5.75 Å². The SMILES string of the molecule is CCCCCC1=CCC(c2ccc(C#Cc3ccc(C(F)(F)Oc4cc(F)c(F)c(F)c4)c(F)c3)c(F)c2)N=C1. The summed E-state index contributed by atoms with van der Waals surface area (Å²) in [6.45, 7) is 2.14. The van der Waals surface area contributed by atoms with E-state index >= 15 is 0 Å². The van der Waals surface area contributed by atoms with Crippen LogP contribution in [0.3, 0.4) is 0 Å². The zero-order chi connectivity index (χ0) is 28.9. The smallest absolute Gasteiger partial charge is 0.429 e. The summed E-state index contributed by atoms with van der Waals surface area (Å²) in [5.74, 6) is -3.32. The zero-order valence-corrected chi connectivity index (χ0v) is 21.4. The molecule has 0 fully saturated rings. The van der Waals surface area contributed by atoms with Gasteiger partial charge in [-0.2, -0.15) is 8.78 Å². The lowest BCUT2D eigenvalue weighted by Crippen LogP contribution is -2.23. The van der Waals surface area contributed by atoms with Gasteiger partial charge in [0.1, 0.15) is 22.9 Å². The fourth-order valence-electron chi connectivity index (χ4n) is 4.13. The van der Waals surface area contributed by atoms with Gasteiger partial charge in [-0.1, -0.05) is 43.7 Å². The van der Waals surface area contributed by atoms with E-state index in [0.717, 1.165) is 31.7 Å². The molecule has 0 aliphatic carbocycles. The molecule has 0 amide bonds. The highest BCUT2D eigenvalue weighted by atomic mass is 19.3. The fourth-order valence-corrected chi connectivity index (χ4v) is 4.13. The van der Waals surface area contributed by atoms with E-state index < -0.39 is 46.5 Å². The first kappa shape index (κ1) is 28.9. The first-order valence-corrected chi connectivity index (χ1v) is 12.6. The molecular formula is C31H24F7NO. The maximum atomic E-state index is 14.7. The van der Waals surface area contributed by atoms with Crippen molar-refractivity contribution in [1.82, 2.24) is 0 Å². The number of unbranched alkanes of at least 4 members (excludes halogenated alkanes) is 2. The third-order valence-electron chi connectivity index (χ3n) is 6.30. The van der Waals surface area contributed by atoms with E-state index in [0.29, 0.717) is 24.1 Å². The number of hydrogen-bond donors (Lipinski definition) is 0. The van der Waals surface area contributed by atoms with E-state index in [1.807, 2.05) is 6.21 Å². The highest BCUT2D eigenvalue weighted by Crippen LogP contribution is 2.34. The van der Waals surface area contributed by atoms with Crippen molar-refractivity contribution in [3.05, 3.63) is 112 Å². The second-order valence-corrected chi connectivity index (χ2v) is 9.27. The molecule has 208 valence electrons. The van der Waals surface area contributed by atoms with E-state index in [1.54, 1.807) is 6.07 Å². The zero-order valence-electron chi connectivity index (χ0n) is 21.4. The summed E-state index contributed by atoms with van der Waals surface area (Å²) in [7, 11) is 0. The molecule has 0 radical (unpaired) electrons. The Bertz CT molecular complexity index is 1490. The molecule has 3 aromatic carbocycles. The Kier molecular flexibility index (Phi) is 8.98. The number of nitrogens with zero attached hydrogens (tertiary/aromatic N) is 1. The van der Waals surface area contributed by atoms with E-state index in [9.17, 15) is 30.7 Å². The van der Waals surface area contributed by atoms with Gasteiger partial charge in [0, 0.05) is 23.9 Å². The van der Waals surface area contributed by atoms with Gasteiger partial charge in [-0.15, -0.1) is 0 Å². The second kappa shape index (κ2) is 12.4. The van der Waals surface area contributed by atoms with Crippen LogP contribution in [-0.4, -0.2) is 6.21 Å². The second-order valence-electron chi connectivity index (χ2n) is 9.27. The van der Waals surface area contributed by atoms with Crippen LogP contribution in [0.15, 0.2) is 65.2 Å². The maximum absolute atomic E-state index is 14.7. The minimum absolute atomic E-state index is 0.0258. The van der Waals surface area contributed by atoms with Gasteiger partial charge in [-0.05, 0) is 60.7 Å². The highest BCUT2D eigenvalue weighted by Gasteiger charge is 2.38. The fraction of sp³-hybridized carbons (Fsp3) is 0.258. The van der Waals surface area contributed by atoms with Gasteiger partial charge in [-0.3, -0.25) is 4.99 Å². The Morgan fingerprint density at radius 1 is 0.875 bits per heavy atom. The quantitative estimate of drug-likeness (QED) is 0.117. The predicted octanol–water partition coefficient (Wildman–Crippen LogP) is 8.93. The summed E-state index contributed by atoms with van der Waals surface area (Å²) < 4.78 is 102. The van der Waals surface area contributed by atoms with Crippen molar-refractivity contribution in [2.24, 2.45) is 4.99 Å². The minimum atomic E-state index is -4.35.